The normalized spacial score (nSPS) is 12.6. The van der Waals surface area contributed by atoms with Crippen LogP contribution < -0.4 is 14.8 Å². The SMILES string of the molecule is CNCC(O)c1cc(OC)c(OC)c(C(F)F)c1. The number of likely N-dealkylation sites (N-methyl/N-ethyl adjacent to an activating group) is 1. The standard InChI is InChI=1S/C12H17F2NO3/c1-15-6-9(16)7-4-8(12(13)14)11(18-3)10(5-7)17-2/h4-5,9,12,15-16H,6H2,1-3H3. The highest BCUT2D eigenvalue weighted by molar-refractivity contribution is 5.50. The largest absolute Gasteiger partial charge is 0.493 e. The van der Waals surface area contributed by atoms with Gasteiger partial charge in [0.2, 0.25) is 0 Å². The molecule has 0 aromatic heterocycles. The minimum atomic E-state index is -2.70. The number of hydrogen-bond donors (Lipinski definition) is 2. The van der Waals surface area contributed by atoms with E-state index < -0.39 is 12.5 Å². The second kappa shape index (κ2) is 6.51. The summed E-state index contributed by atoms with van der Waals surface area (Å²) in [6.07, 6.45) is -3.58. The summed E-state index contributed by atoms with van der Waals surface area (Å²) in [6, 6.07) is 2.72. The summed E-state index contributed by atoms with van der Waals surface area (Å²) in [6.45, 7) is 0.262. The van der Waals surface area contributed by atoms with Crippen molar-refractivity contribution in [2.24, 2.45) is 0 Å². The van der Waals surface area contributed by atoms with Gasteiger partial charge in [-0.05, 0) is 24.7 Å². The van der Waals surface area contributed by atoms with Crippen molar-refractivity contribution in [3.63, 3.8) is 0 Å². The monoisotopic (exact) mass is 261 g/mol. The maximum Gasteiger partial charge on any atom is 0.267 e. The van der Waals surface area contributed by atoms with Gasteiger partial charge in [-0.15, -0.1) is 0 Å². The van der Waals surface area contributed by atoms with Crippen molar-refractivity contribution in [1.82, 2.24) is 5.32 Å². The molecular weight excluding hydrogens is 244 g/mol. The van der Waals surface area contributed by atoms with E-state index in [1.54, 1.807) is 7.05 Å². The molecule has 0 saturated carbocycles. The molecule has 1 unspecified atom stereocenters. The number of aliphatic hydroxyl groups is 1. The van der Waals surface area contributed by atoms with Crippen LogP contribution >= 0.6 is 0 Å². The van der Waals surface area contributed by atoms with Crippen LogP contribution in [0.25, 0.3) is 0 Å². The smallest absolute Gasteiger partial charge is 0.267 e. The van der Waals surface area contributed by atoms with Gasteiger partial charge in [0.05, 0.1) is 25.9 Å². The highest BCUT2D eigenvalue weighted by Gasteiger charge is 2.21. The van der Waals surface area contributed by atoms with Crippen LogP contribution in [0.2, 0.25) is 0 Å². The molecule has 0 aliphatic carbocycles. The number of alkyl halides is 2. The lowest BCUT2D eigenvalue weighted by molar-refractivity contribution is 0.144. The molecule has 0 heterocycles. The maximum atomic E-state index is 12.9. The lowest BCUT2D eigenvalue weighted by Gasteiger charge is -2.17. The molecule has 1 aromatic rings. The first-order valence-corrected chi connectivity index (χ1v) is 5.41. The molecule has 0 bridgehead atoms. The zero-order valence-electron chi connectivity index (χ0n) is 10.5. The lowest BCUT2D eigenvalue weighted by atomic mass is 10.0. The Morgan fingerprint density at radius 3 is 2.39 bits per heavy atom. The molecule has 0 amide bonds. The Hall–Kier alpha value is -1.40. The number of hydrogen-bond acceptors (Lipinski definition) is 4. The molecule has 1 rings (SSSR count). The van der Waals surface area contributed by atoms with Crippen molar-refractivity contribution in [2.45, 2.75) is 12.5 Å². The Kier molecular flexibility index (Phi) is 5.30. The summed E-state index contributed by atoms with van der Waals surface area (Å²) < 4.78 is 35.8. The van der Waals surface area contributed by atoms with E-state index in [1.165, 1.54) is 26.4 Å². The van der Waals surface area contributed by atoms with Gasteiger partial charge in [0, 0.05) is 6.54 Å². The van der Waals surface area contributed by atoms with E-state index in [0.29, 0.717) is 5.56 Å². The van der Waals surface area contributed by atoms with E-state index in [1.807, 2.05) is 0 Å². The second-order valence-electron chi connectivity index (χ2n) is 3.72. The second-order valence-corrected chi connectivity index (χ2v) is 3.72. The number of nitrogens with one attached hydrogen (secondary N) is 1. The molecule has 0 saturated heterocycles. The predicted molar refractivity (Wildman–Crippen MR) is 63.4 cm³/mol. The van der Waals surface area contributed by atoms with Crippen LogP contribution in [0.4, 0.5) is 8.78 Å². The Balaban J connectivity index is 3.27. The van der Waals surface area contributed by atoms with Crippen LogP contribution in [0.3, 0.4) is 0 Å². The van der Waals surface area contributed by atoms with Crippen molar-refractivity contribution in [2.75, 3.05) is 27.8 Å². The predicted octanol–water partition coefficient (Wildman–Crippen LogP) is 1.89. The topological polar surface area (TPSA) is 50.7 Å². The Labute approximate surface area is 105 Å². The average molecular weight is 261 g/mol. The fourth-order valence-corrected chi connectivity index (χ4v) is 1.68. The number of benzene rings is 1. The summed E-state index contributed by atoms with van der Waals surface area (Å²) in [7, 11) is 4.33. The number of ether oxygens (including phenoxy) is 2. The molecule has 4 nitrogen and oxygen atoms in total. The minimum Gasteiger partial charge on any atom is -0.493 e. The number of methoxy groups -OCH3 is 2. The Morgan fingerprint density at radius 1 is 1.28 bits per heavy atom. The van der Waals surface area contributed by atoms with E-state index in [4.69, 9.17) is 9.47 Å². The first-order valence-electron chi connectivity index (χ1n) is 5.41. The fraction of sp³-hybridized carbons (Fsp3) is 0.500. The first-order chi connectivity index (χ1) is 8.54. The van der Waals surface area contributed by atoms with Crippen molar-refractivity contribution < 1.29 is 23.4 Å². The van der Waals surface area contributed by atoms with Gasteiger partial charge >= 0.3 is 0 Å². The van der Waals surface area contributed by atoms with Gasteiger partial charge < -0.3 is 19.9 Å². The van der Waals surface area contributed by atoms with E-state index >= 15 is 0 Å². The molecule has 2 N–H and O–H groups in total. The van der Waals surface area contributed by atoms with Crippen molar-refractivity contribution >= 4 is 0 Å². The molecule has 1 atom stereocenters. The highest BCUT2D eigenvalue weighted by Crippen LogP contribution is 2.39. The van der Waals surface area contributed by atoms with Gasteiger partial charge in [0.1, 0.15) is 0 Å². The summed E-state index contributed by atoms with van der Waals surface area (Å²) in [5, 5.41) is 12.6. The van der Waals surface area contributed by atoms with Gasteiger partial charge in [-0.25, -0.2) is 8.78 Å². The lowest BCUT2D eigenvalue weighted by Crippen LogP contribution is -2.17. The molecular formula is C12H17F2NO3. The van der Waals surface area contributed by atoms with E-state index in [9.17, 15) is 13.9 Å². The average Bonchev–Trinajstić information content (AvgIpc) is 2.37. The van der Waals surface area contributed by atoms with E-state index in [2.05, 4.69) is 5.32 Å². The van der Waals surface area contributed by atoms with Crippen molar-refractivity contribution in [3.8, 4) is 11.5 Å². The van der Waals surface area contributed by atoms with Crippen LogP contribution in [0.1, 0.15) is 23.7 Å². The molecule has 0 spiro atoms. The summed E-state index contributed by atoms with van der Waals surface area (Å²) in [5.41, 5.74) is 0.0688. The van der Waals surface area contributed by atoms with Gasteiger partial charge in [0.15, 0.2) is 11.5 Å². The third-order valence-corrected chi connectivity index (χ3v) is 2.55. The molecule has 0 radical (unpaired) electrons. The van der Waals surface area contributed by atoms with E-state index in [-0.39, 0.29) is 23.6 Å². The summed E-state index contributed by atoms with van der Waals surface area (Å²) in [4.78, 5) is 0. The van der Waals surface area contributed by atoms with Crippen LogP contribution in [0.15, 0.2) is 12.1 Å². The number of aliphatic hydroxyl groups excluding tert-OH is 1. The van der Waals surface area contributed by atoms with Crippen molar-refractivity contribution in [1.29, 1.82) is 0 Å². The third kappa shape index (κ3) is 3.08. The maximum absolute atomic E-state index is 12.9. The zero-order valence-corrected chi connectivity index (χ0v) is 10.5. The molecule has 1 aromatic carbocycles. The van der Waals surface area contributed by atoms with Crippen LogP contribution in [0.5, 0.6) is 11.5 Å². The molecule has 0 fully saturated rings. The quantitative estimate of drug-likeness (QED) is 0.821. The van der Waals surface area contributed by atoms with Gasteiger partial charge in [-0.3, -0.25) is 0 Å². The van der Waals surface area contributed by atoms with Crippen molar-refractivity contribution in [3.05, 3.63) is 23.3 Å². The first kappa shape index (κ1) is 14.7. The zero-order chi connectivity index (χ0) is 13.7. The summed E-state index contributed by atoms with van der Waals surface area (Å²) in [5.74, 6) is 0.174. The third-order valence-electron chi connectivity index (χ3n) is 2.55. The van der Waals surface area contributed by atoms with E-state index in [0.717, 1.165) is 0 Å². The molecule has 102 valence electrons. The van der Waals surface area contributed by atoms with Crippen LogP contribution in [-0.4, -0.2) is 32.9 Å². The Morgan fingerprint density at radius 2 is 1.94 bits per heavy atom. The molecule has 6 heteroatoms. The van der Waals surface area contributed by atoms with Gasteiger partial charge in [0.25, 0.3) is 6.43 Å². The fourth-order valence-electron chi connectivity index (χ4n) is 1.68. The Bertz CT molecular complexity index is 399. The van der Waals surface area contributed by atoms with Crippen LogP contribution in [-0.2, 0) is 0 Å². The molecule has 18 heavy (non-hydrogen) atoms. The molecule has 0 aliphatic rings. The highest BCUT2D eigenvalue weighted by atomic mass is 19.3. The van der Waals surface area contributed by atoms with Gasteiger partial charge in [-0.2, -0.15) is 0 Å². The number of halogens is 2. The minimum absolute atomic E-state index is 0.00657. The van der Waals surface area contributed by atoms with Crippen LogP contribution in [0, 0.1) is 0 Å². The van der Waals surface area contributed by atoms with Gasteiger partial charge in [-0.1, -0.05) is 0 Å². The molecule has 0 aliphatic heterocycles. The summed E-state index contributed by atoms with van der Waals surface area (Å²) >= 11 is 0. The number of rotatable bonds is 6.